The van der Waals surface area contributed by atoms with Gasteiger partial charge >= 0.3 is 15.6 Å². The second kappa shape index (κ2) is 11.8. The predicted molar refractivity (Wildman–Crippen MR) is 140 cm³/mol. The normalized spacial score (nSPS) is 13.1. The first-order valence-electron chi connectivity index (χ1n) is 12.2. The van der Waals surface area contributed by atoms with Gasteiger partial charge in [0.1, 0.15) is 0 Å². The minimum Gasteiger partial charge on any atom is -0.200 e. The predicted octanol–water partition coefficient (Wildman–Crippen LogP) is 8.61. The van der Waals surface area contributed by atoms with Crippen LogP contribution in [-0.4, -0.2) is 13.9 Å². The molecule has 0 spiro atoms. The number of aryl methyl sites for hydroxylation is 3. The van der Waals surface area contributed by atoms with Gasteiger partial charge in [-0.05, 0) is 82.7 Å². The van der Waals surface area contributed by atoms with Crippen molar-refractivity contribution >= 4 is 20.4 Å². The number of halogens is 3. The third-order valence-corrected chi connectivity index (χ3v) is 10.8. The van der Waals surface area contributed by atoms with E-state index in [1.807, 2.05) is 57.2 Å². The van der Waals surface area contributed by atoms with Crippen molar-refractivity contribution in [2.75, 3.05) is 0 Å². The monoisotopic (exact) mass is 538 g/mol. The fraction of sp³-hybridized carbons (Fsp3) is 0.357. The molecule has 0 N–H and O–H groups in total. The third-order valence-electron chi connectivity index (χ3n) is 5.86. The summed E-state index contributed by atoms with van der Waals surface area (Å²) in [5.74, 6) is 0. The maximum absolute atomic E-state index is 13.7. The standard InChI is InChI=1S/C28H33F3O3S2/c1-4-7-22-10-16-25(17-11-22)35(34-36(32,33)28(29,30)31,26-18-12-23(8-5-2)13-19-26)27-20-14-24(9-6-3)15-21-27/h10-21H,4-9H2,1-3H3. The lowest BCUT2D eigenvalue weighted by molar-refractivity contribution is -0.0496. The molecule has 0 aromatic heterocycles. The fourth-order valence-electron chi connectivity index (χ4n) is 4.11. The van der Waals surface area contributed by atoms with Crippen molar-refractivity contribution in [1.82, 2.24) is 0 Å². The Bertz CT molecular complexity index is 1100. The summed E-state index contributed by atoms with van der Waals surface area (Å²) < 4.78 is 71.6. The minimum atomic E-state index is -5.92. The summed E-state index contributed by atoms with van der Waals surface area (Å²) in [4.78, 5) is 1.17. The molecule has 0 unspecified atom stereocenters. The Kier molecular flexibility index (Phi) is 9.30. The van der Waals surface area contributed by atoms with Crippen LogP contribution in [0.2, 0.25) is 0 Å². The van der Waals surface area contributed by atoms with Crippen molar-refractivity contribution in [2.45, 2.75) is 79.5 Å². The molecule has 0 aliphatic rings. The molecule has 0 radical (unpaired) electrons. The Morgan fingerprint density at radius 2 is 0.861 bits per heavy atom. The maximum atomic E-state index is 13.7. The van der Waals surface area contributed by atoms with E-state index in [1.165, 1.54) is 0 Å². The lowest BCUT2D eigenvalue weighted by Crippen LogP contribution is -2.27. The molecule has 0 bridgehead atoms. The van der Waals surface area contributed by atoms with Crippen LogP contribution in [-0.2, 0) is 33.0 Å². The van der Waals surface area contributed by atoms with Crippen molar-refractivity contribution in [3.8, 4) is 0 Å². The Morgan fingerprint density at radius 3 is 1.08 bits per heavy atom. The van der Waals surface area contributed by atoms with E-state index in [1.54, 1.807) is 36.4 Å². The second-order valence-corrected chi connectivity index (χ2v) is 13.1. The highest BCUT2D eigenvalue weighted by atomic mass is 32.3. The molecule has 3 rings (SSSR count). The lowest BCUT2D eigenvalue weighted by Gasteiger charge is -2.39. The quantitative estimate of drug-likeness (QED) is 0.230. The van der Waals surface area contributed by atoms with E-state index < -0.39 is 25.9 Å². The van der Waals surface area contributed by atoms with Crippen LogP contribution in [0.3, 0.4) is 0 Å². The Hall–Kier alpha value is -2.29. The van der Waals surface area contributed by atoms with Crippen LogP contribution in [0.15, 0.2) is 87.5 Å². The molecule has 0 amide bonds. The van der Waals surface area contributed by atoms with Crippen molar-refractivity contribution in [2.24, 2.45) is 0 Å². The van der Waals surface area contributed by atoms with E-state index >= 15 is 0 Å². The molecule has 0 aliphatic heterocycles. The molecule has 0 aliphatic carbocycles. The number of hydrogen-bond donors (Lipinski definition) is 0. The number of alkyl halides is 3. The van der Waals surface area contributed by atoms with Gasteiger partial charge in [0.05, 0.1) is 0 Å². The number of hydrogen-bond acceptors (Lipinski definition) is 3. The van der Waals surface area contributed by atoms with E-state index in [9.17, 15) is 21.6 Å². The minimum absolute atomic E-state index is 0.390. The Balaban J connectivity index is 2.32. The summed E-state index contributed by atoms with van der Waals surface area (Å²) in [6.07, 6.45) is 5.15. The van der Waals surface area contributed by atoms with Gasteiger partial charge in [0, 0.05) is 14.7 Å². The number of rotatable bonds is 11. The van der Waals surface area contributed by atoms with E-state index in [0.717, 1.165) is 55.2 Å². The second-order valence-electron chi connectivity index (χ2n) is 8.71. The maximum Gasteiger partial charge on any atom is 0.524 e. The molecule has 0 saturated carbocycles. The summed E-state index contributed by atoms with van der Waals surface area (Å²) >= 11 is 0. The molecule has 3 nitrogen and oxygen atoms in total. The van der Waals surface area contributed by atoms with Gasteiger partial charge in [0.15, 0.2) is 0 Å². The Morgan fingerprint density at radius 1 is 0.583 bits per heavy atom. The molecule has 8 heteroatoms. The van der Waals surface area contributed by atoms with Crippen LogP contribution in [0.25, 0.3) is 0 Å². The highest BCUT2D eigenvalue weighted by Gasteiger charge is 2.52. The molecule has 196 valence electrons. The molecule has 0 saturated heterocycles. The molecular formula is C28H33F3O3S2. The molecule has 3 aromatic rings. The van der Waals surface area contributed by atoms with Crippen LogP contribution >= 0.6 is 10.3 Å². The van der Waals surface area contributed by atoms with Crippen LogP contribution < -0.4 is 0 Å². The molecule has 36 heavy (non-hydrogen) atoms. The summed E-state index contributed by atoms with van der Waals surface area (Å²) in [6, 6.07) is 21.2. The average molecular weight is 539 g/mol. The van der Waals surface area contributed by atoms with Gasteiger partial charge in [-0.2, -0.15) is 25.2 Å². The zero-order valence-electron chi connectivity index (χ0n) is 20.8. The first kappa shape index (κ1) is 28.3. The highest BCUT2D eigenvalue weighted by molar-refractivity contribution is 8.33. The van der Waals surface area contributed by atoms with Gasteiger partial charge in [-0.15, -0.1) is 0 Å². The van der Waals surface area contributed by atoms with E-state index in [4.69, 9.17) is 3.63 Å². The molecule has 0 fully saturated rings. The summed E-state index contributed by atoms with van der Waals surface area (Å²) in [5, 5.41) is 0. The van der Waals surface area contributed by atoms with Gasteiger partial charge in [-0.3, -0.25) is 0 Å². The highest BCUT2D eigenvalue weighted by Crippen LogP contribution is 2.70. The van der Waals surface area contributed by atoms with Crippen LogP contribution in [0.4, 0.5) is 13.2 Å². The van der Waals surface area contributed by atoms with Crippen molar-refractivity contribution in [3.05, 3.63) is 89.5 Å². The van der Waals surface area contributed by atoms with Gasteiger partial charge in [0.2, 0.25) is 0 Å². The summed E-state index contributed by atoms with van der Waals surface area (Å²) in [7, 11) is -9.20. The topological polar surface area (TPSA) is 43.4 Å². The SMILES string of the molecule is CCCc1ccc(S(OS(=O)(=O)C(F)(F)F)(c2ccc(CCC)cc2)c2ccc(CCC)cc2)cc1. The van der Waals surface area contributed by atoms with Crippen molar-refractivity contribution in [1.29, 1.82) is 0 Å². The number of benzene rings is 3. The lowest BCUT2D eigenvalue weighted by atomic mass is 10.1. The summed E-state index contributed by atoms with van der Waals surface area (Å²) in [6.45, 7) is 6.12. The Labute approximate surface area is 214 Å². The largest absolute Gasteiger partial charge is 0.524 e. The van der Waals surface area contributed by atoms with E-state index in [2.05, 4.69) is 0 Å². The smallest absolute Gasteiger partial charge is 0.200 e. The zero-order valence-corrected chi connectivity index (χ0v) is 22.5. The first-order chi connectivity index (χ1) is 17.1. The first-order valence-corrected chi connectivity index (χ1v) is 15.2. The summed E-state index contributed by atoms with van der Waals surface area (Å²) in [5.41, 5.74) is -2.50. The molecule has 0 atom stereocenters. The molecular weight excluding hydrogens is 505 g/mol. The van der Waals surface area contributed by atoms with Crippen LogP contribution in [0.1, 0.15) is 56.7 Å². The van der Waals surface area contributed by atoms with Gasteiger partial charge < -0.3 is 0 Å². The van der Waals surface area contributed by atoms with E-state index in [0.29, 0.717) is 14.7 Å². The van der Waals surface area contributed by atoms with Crippen molar-refractivity contribution in [3.63, 3.8) is 0 Å². The zero-order chi connectivity index (χ0) is 26.4. The van der Waals surface area contributed by atoms with Gasteiger partial charge in [-0.25, -0.2) is 0 Å². The van der Waals surface area contributed by atoms with Crippen LogP contribution in [0, 0.1) is 0 Å². The van der Waals surface area contributed by atoms with Gasteiger partial charge in [0.25, 0.3) is 0 Å². The fourth-order valence-corrected chi connectivity index (χ4v) is 8.81. The van der Waals surface area contributed by atoms with Gasteiger partial charge in [-0.1, -0.05) is 76.4 Å². The average Bonchev–Trinajstić information content (AvgIpc) is 2.84. The molecule has 0 heterocycles. The third kappa shape index (κ3) is 6.15. The van der Waals surface area contributed by atoms with Crippen LogP contribution in [0.5, 0.6) is 0 Å². The molecule has 3 aromatic carbocycles. The van der Waals surface area contributed by atoms with Crippen molar-refractivity contribution < 1.29 is 25.2 Å². The van der Waals surface area contributed by atoms with E-state index in [-0.39, 0.29) is 0 Å².